The molecule has 0 spiro atoms. The molecule has 0 saturated heterocycles. The zero-order chi connectivity index (χ0) is 13.5. The van der Waals surface area contributed by atoms with Gasteiger partial charge in [-0.1, -0.05) is 13.8 Å². The van der Waals surface area contributed by atoms with Gasteiger partial charge in [-0.05, 0) is 37.5 Å². The minimum atomic E-state index is -0.0922. The monoisotopic (exact) mass is 250 g/mol. The van der Waals surface area contributed by atoms with E-state index in [0.717, 1.165) is 6.42 Å². The van der Waals surface area contributed by atoms with Gasteiger partial charge in [0.15, 0.2) is 0 Å². The molecule has 1 rings (SSSR count). The summed E-state index contributed by atoms with van der Waals surface area (Å²) in [5.74, 6) is 1.11. The van der Waals surface area contributed by atoms with Gasteiger partial charge >= 0.3 is 0 Å². The van der Waals surface area contributed by atoms with Crippen molar-refractivity contribution in [1.29, 1.82) is 0 Å². The molecule has 0 saturated carbocycles. The Labute approximate surface area is 109 Å². The Balaban J connectivity index is 2.61. The first-order valence-corrected chi connectivity index (χ1v) is 6.35. The molecule has 1 amide bonds. The molecule has 1 aromatic carbocycles. The molecule has 3 N–H and O–H groups in total. The van der Waals surface area contributed by atoms with Crippen LogP contribution in [-0.4, -0.2) is 19.1 Å². The molecule has 0 unspecified atom stereocenters. The second kappa shape index (κ2) is 6.89. The summed E-state index contributed by atoms with van der Waals surface area (Å²) in [7, 11) is 0. The van der Waals surface area contributed by atoms with Gasteiger partial charge in [-0.3, -0.25) is 4.79 Å². The van der Waals surface area contributed by atoms with E-state index in [1.165, 1.54) is 0 Å². The fourth-order valence-corrected chi connectivity index (χ4v) is 1.55. The molecular weight excluding hydrogens is 228 g/mol. The molecule has 18 heavy (non-hydrogen) atoms. The lowest BCUT2D eigenvalue weighted by Gasteiger charge is -2.10. The van der Waals surface area contributed by atoms with Gasteiger partial charge in [0.2, 0.25) is 0 Å². The van der Waals surface area contributed by atoms with Gasteiger partial charge in [0.1, 0.15) is 5.75 Å². The van der Waals surface area contributed by atoms with Gasteiger partial charge in [0.25, 0.3) is 5.91 Å². The van der Waals surface area contributed by atoms with Crippen LogP contribution in [0.3, 0.4) is 0 Å². The highest BCUT2D eigenvalue weighted by Crippen LogP contribution is 2.22. The Kier molecular flexibility index (Phi) is 5.49. The Hall–Kier alpha value is -1.71. The molecule has 0 heterocycles. The number of nitrogens with two attached hydrogens (primary N) is 1. The van der Waals surface area contributed by atoms with Crippen molar-refractivity contribution < 1.29 is 9.53 Å². The van der Waals surface area contributed by atoms with Crippen molar-refractivity contribution in [2.45, 2.75) is 27.2 Å². The summed E-state index contributed by atoms with van der Waals surface area (Å²) in [6.07, 6.45) is 0.970. The molecule has 0 aliphatic heterocycles. The predicted molar refractivity (Wildman–Crippen MR) is 73.8 cm³/mol. The summed E-state index contributed by atoms with van der Waals surface area (Å²) in [6, 6.07) is 5.11. The molecule has 0 aliphatic carbocycles. The van der Waals surface area contributed by atoms with Crippen LogP contribution in [0.15, 0.2) is 18.2 Å². The second-order valence-electron chi connectivity index (χ2n) is 4.62. The fourth-order valence-electron chi connectivity index (χ4n) is 1.55. The molecule has 0 radical (unpaired) electrons. The van der Waals surface area contributed by atoms with Crippen molar-refractivity contribution >= 4 is 11.6 Å². The van der Waals surface area contributed by atoms with E-state index in [4.69, 9.17) is 10.5 Å². The molecular formula is C14H22N2O2. The van der Waals surface area contributed by atoms with Gasteiger partial charge in [-0.2, -0.15) is 0 Å². The van der Waals surface area contributed by atoms with Crippen LogP contribution in [0.2, 0.25) is 0 Å². The number of nitrogen functional groups attached to an aromatic ring is 1. The van der Waals surface area contributed by atoms with Crippen molar-refractivity contribution in [1.82, 2.24) is 5.32 Å². The van der Waals surface area contributed by atoms with Gasteiger partial charge in [-0.25, -0.2) is 0 Å². The van der Waals surface area contributed by atoms with Gasteiger partial charge < -0.3 is 15.8 Å². The molecule has 4 heteroatoms. The van der Waals surface area contributed by atoms with Crippen LogP contribution in [-0.2, 0) is 0 Å². The van der Waals surface area contributed by atoms with Crippen molar-refractivity contribution in [2.24, 2.45) is 5.92 Å². The third-order valence-electron chi connectivity index (χ3n) is 2.58. The maximum absolute atomic E-state index is 11.8. The Morgan fingerprint density at radius 2 is 2.17 bits per heavy atom. The molecule has 0 atom stereocenters. The number of anilines is 1. The van der Waals surface area contributed by atoms with Crippen LogP contribution < -0.4 is 15.8 Å². The van der Waals surface area contributed by atoms with Crippen LogP contribution in [0, 0.1) is 5.92 Å². The molecule has 0 bridgehead atoms. The smallest absolute Gasteiger partial charge is 0.251 e. The lowest BCUT2D eigenvalue weighted by atomic mass is 10.1. The van der Waals surface area contributed by atoms with E-state index >= 15 is 0 Å². The first-order valence-electron chi connectivity index (χ1n) is 6.35. The minimum Gasteiger partial charge on any atom is -0.492 e. The molecule has 100 valence electrons. The lowest BCUT2D eigenvalue weighted by Crippen LogP contribution is -2.25. The SMILES string of the molecule is CCOc1ccc(C(=O)NCCC(C)C)cc1N. The summed E-state index contributed by atoms with van der Waals surface area (Å²) < 4.78 is 5.33. The quantitative estimate of drug-likeness (QED) is 0.762. The average Bonchev–Trinajstić information content (AvgIpc) is 2.31. The highest BCUT2D eigenvalue weighted by atomic mass is 16.5. The number of ether oxygens (including phenoxy) is 1. The Bertz CT molecular complexity index is 403. The second-order valence-corrected chi connectivity index (χ2v) is 4.62. The highest BCUT2D eigenvalue weighted by Gasteiger charge is 2.08. The average molecular weight is 250 g/mol. The number of hydrogen-bond acceptors (Lipinski definition) is 3. The van der Waals surface area contributed by atoms with E-state index in [1.807, 2.05) is 6.92 Å². The summed E-state index contributed by atoms with van der Waals surface area (Å²) >= 11 is 0. The normalized spacial score (nSPS) is 10.4. The first-order chi connectivity index (χ1) is 8.54. The lowest BCUT2D eigenvalue weighted by molar-refractivity contribution is 0.0952. The van der Waals surface area contributed by atoms with Crippen molar-refractivity contribution in [3.63, 3.8) is 0 Å². The summed E-state index contributed by atoms with van der Waals surface area (Å²) in [5.41, 5.74) is 6.88. The minimum absolute atomic E-state index is 0.0922. The Morgan fingerprint density at radius 1 is 1.44 bits per heavy atom. The topological polar surface area (TPSA) is 64.3 Å². The van der Waals surface area contributed by atoms with Crippen LogP contribution in [0.1, 0.15) is 37.6 Å². The van der Waals surface area contributed by atoms with E-state index < -0.39 is 0 Å². The molecule has 0 aromatic heterocycles. The zero-order valence-corrected chi connectivity index (χ0v) is 11.3. The van der Waals surface area contributed by atoms with Gasteiger partial charge in [-0.15, -0.1) is 0 Å². The van der Waals surface area contributed by atoms with E-state index in [1.54, 1.807) is 18.2 Å². The number of carbonyl (C=O) groups excluding carboxylic acids is 1. The number of carbonyl (C=O) groups is 1. The number of hydrogen-bond donors (Lipinski definition) is 2. The van der Waals surface area contributed by atoms with Gasteiger partial charge in [0, 0.05) is 12.1 Å². The molecule has 4 nitrogen and oxygen atoms in total. The third-order valence-corrected chi connectivity index (χ3v) is 2.58. The number of nitrogens with one attached hydrogen (secondary N) is 1. The summed E-state index contributed by atoms with van der Waals surface area (Å²) in [6.45, 7) is 7.39. The third kappa shape index (κ3) is 4.28. The van der Waals surface area contributed by atoms with E-state index in [0.29, 0.717) is 36.1 Å². The van der Waals surface area contributed by atoms with Crippen LogP contribution in [0.25, 0.3) is 0 Å². The van der Waals surface area contributed by atoms with Crippen LogP contribution >= 0.6 is 0 Å². The number of rotatable bonds is 6. The largest absolute Gasteiger partial charge is 0.492 e. The highest BCUT2D eigenvalue weighted by molar-refractivity contribution is 5.95. The maximum Gasteiger partial charge on any atom is 0.251 e. The Morgan fingerprint density at radius 3 is 2.72 bits per heavy atom. The summed E-state index contributed by atoms with van der Waals surface area (Å²) in [5, 5.41) is 2.87. The maximum atomic E-state index is 11.8. The van der Waals surface area contributed by atoms with Crippen LogP contribution in [0.4, 0.5) is 5.69 Å². The fraction of sp³-hybridized carbons (Fsp3) is 0.500. The molecule has 1 aromatic rings. The first kappa shape index (κ1) is 14.4. The predicted octanol–water partition coefficient (Wildman–Crippen LogP) is 2.44. The van der Waals surface area contributed by atoms with Crippen molar-refractivity contribution in [3.05, 3.63) is 23.8 Å². The standard InChI is InChI=1S/C14H22N2O2/c1-4-18-13-6-5-11(9-12(13)15)14(17)16-8-7-10(2)3/h5-6,9-10H,4,7-8,15H2,1-3H3,(H,16,17). The van der Waals surface area contributed by atoms with Gasteiger partial charge in [0.05, 0.1) is 12.3 Å². The van der Waals surface area contributed by atoms with Crippen molar-refractivity contribution in [3.8, 4) is 5.75 Å². The molecule has 0 fully saturated rings. The zero-order valence-electron chi connectivity index (χ0n) is 11.3. The van der Waals surface area contributed by atoms with Crippen LogP contribution in [0.5, 0.6) is 5.75 Å². The van der Waals surface area contributed by atoms with E-state index in [9.17, 15) is 4.79 Å². The number of amides is 1. The van der Waals surface area contributed by atoms with E-state index in [2.05, 4.69) is 19.2 Å². The van der Waals surface area contributed by atoms with E-state index in [-0.39, 0.29) is 5.91 Å². The van der Waals surface area contributed by atoms with Crippen molar-refractivity contribution in [2.75, 3.05) is 18.9 Å². The molecule has 0 aliphatic rings. The number of benzene rings is 1. The summed E-state index contributed by atoms with van der Waals surface area (Å²) in [4.78, 5) is 11.8.